The molecule has 0 spiro atoms. The molecule has 2 aliphatic carbocycles. The Morgan fingerprint density at radius 1 is 0.529 bits per heavy atom. The summed E-state index contributed by atoms with van der Waals surface area (Å²) >= 11 is 0. The summed E-state index contributed by atoms with van der Waals surface area (Å²) in [5, 5.41) is 7.35. The molecule has 1 atom stereocenters. The van der Waals surface area contributed by atoms with Gasteiger partial charge in [-0.1, -0.05) is 109 Å². The first-order valence-corrected chi connectivity index (χ1v) is 17.6. The monoisotopic (exact) mass is 663 g/mol. The van der Waals surface area contributed by atoms with Crippen molar-refractivity contribution >= 4 is 49.8 Å². The molecule has 0 heterocycles. The molecule has 0 aromatic heterocycles. The van der Waals surface area contributed by atoms with E-state index in [4.69, 9.17) is 0 Å². The Bertz CT molecular complexity index is 2560. The minimum absolute atomic E-state index is 0.172. The number of benzene rings is 7. The Kier molecular flexibility index (Phi) is 7.89. The Labute approximate surface area is 296 Å². The van der Waals surface area contributed by atoms with Gasteiger partial charge in [-0.2, -0.15) is 0 Å². The van der Waals surface area contributed by atoms with Gasteiger partial charge in [-0.25, -0.2) is 8.78 Å². The molecule has 3 heteroatoms. The predicted octanol–water partition coefficient (Wildman–Crippen LogP) is 11.6. The maximum atomic E-state index is 14.2. The van der Waals surface area contributed by atoms with E-state index in [0.717, 1.165) is 41.7 Å². The fraction of sp³-hybridized carbons (Fsp3) is 0.0833. The Balaban J connectivity index is 1.44. The van der Waals surface area contributed by atoms with Crippen LogP contribution in [0.1, 0.15) is 36.3 Å². The maximum absolute atomic E-state index is 14.2. The quantitative estimate of drug-likeness (QED) is 0.160. The molecule has 0 fully saturated rings. The normalized spacial score (nSPS) is 15.6. The molecule has 0 amide bonds. The molecule has 0 bridgehead atoms. The summed E-state index contributed by atoms with van der Waals surface area (Å²) in [5.41, 5.74) is 9.21. The van der Waals surface area contributed by atoms with Crippen LogP contribution in [0.25, 0.3) is 32.7 Å². The molecule has 2 aliphatic rings. The van der Waals surface area contributed by atoms with E-state index in [-0.39, 0.29) is 17.6 Å². The zero-order valence-electron chi connectivity index (χ0n) is 28.1. The van der Waals surface area contributed by atoms with Crippen LogP contribution in [-0.2, 0) is 0 Å². The van der Waals surface area contributed by atoms with Gasteiger partial charge in [-0.05, 0) is 140 Å². The molecule has 7 aromatic rings. The lowest BCUT2D eigenvalue weighted by Gasteiger charge is -2.31. The van der Waals surface area contributed by atoms with Gasteiger partial charge in [0.2, 0.25) is 0 Å². The second-order valence-electron chi connectivity index (χ2n) is 13.4. The van der Waals surface area contributed by atoms with Crippen LogP contribution in [0.3, 0.4) is 0 Å². The molecule has 0 radical (unpaired) electrons. The summed E-state index contributed by atoms with van der Waals surface area (Å²) in [7, 11) is 0. The average Bonchev–Trinajstić information content (AvgIpc) is 3.20. The zero-order chi connectivity index (χ0) is 34.3. The van der Waals surface area contributed by atoms with Crippen molar-refractivity contribution in [1.82, 2.24) is 0 Å². The molecule has 0 aliphatic heterocycles. The van der Waals surface area contributed by atoms with Gasteiger partial charge >= 0.3 is 0 Å². The summed E-state index contributed by atoms with van der Waals surface area (Å²) in [4.78, 5) is 2.07. The molecule has 246 valence electrons. The highest BCUT2D eigenvalue weighted by atomic mass is 19.1. The molecule has 0 saturated heterocycles. The lowest BCUT2D eigenvalue weighted by molar-refractivity contribution is 0.628. The summed E-state index contributed by atoms with van der Waals surface area (Å²) in [6.45, 7) is 0. The predicted molar refractivity (Wildman–Crippen MR) is 208 cm³/mol. The number of nitrogens with zero attached hydrogens (tertiary/aromatic N) is 1. The highest BCUT2D eigenvalue weighted by molar-refractivity contribution is 6.11. The van der Waals surface area contributed by atoms with E-state index in [9.17, 15) is 8.78 Å². The van der Waals surface area contributed by atoms with Crippen LogP contribution >= 0.6 is 0 Å². The van der Waals surface area contributed by atoms with Crippen molar-refractivity contribution in [2.75, 3.05) is 4.90 Å². The third-order valence-corrected chi connectivity index (χ3v) is 10.4. The van der Waals surface area contributed by atoms with Crippen molar-refractivity contribution in [2.45, 2.75) is 25.2 Å². The first-order chi connectivity index (χ1) is 25.1. The summed E-state index contributed by atoms with van der Waals surface area (Å²) in [6, 6.07) is 50.3. The van der Waals surface area contributed by atoms with E-state index in [1.165, 1.54) is 78.7 Å². The van der Waals surface area contributed by atoms with Crippen molar-refractivity contribution in [1.29, 1.82) is 0 Å². The van der Waals surface area contributed by atoms with Gasteiger partial charge < -0.3 is 4.90 Å². The lowest BCUT2D eigenvalue weighted by Crippen LogP contribution is -2.37. The van der Waals surface area contributed by atoms with Gasteiger partial charge in [0.1, 0.15) is 11.6 Å². The number of hydrogen-bond acceptors (Lipinski definition) is 1. The molecular formula is C48H35F2N. The average molecular weight is 664 g/mol. The van der Waals surface area contributed by atoms with E-state index in [2.05, 4.69) is 126 Å². The van der Waals surface area contributed by atoms with Crippen LogP contribution in [-0.4, -0.2) is 0 Å². The highest BCUT2D eigenvalue weighted by Crippen LogP contribution is 2.43. The summed E-state index contributed by atoms with van der Waals surface area (Å²) in [5.74, 6) is -0.435. The van der Waals surface area contributed by atoms with Gasteiger partial charge in [-0.15, -0.1) is 0 Å². The Morgan fingerprint density at radius 2 is 1.12 bits per heavy atom. The number of fused-ring (bicyclic) bond motifs is 6. The highest BCUT2D eigenvalue weighted by Gasteiger charge is 2.29. The number of rotatable bonds is 6. The smallest absolute Gasteiger partial charge is 0.123 e. The molecule has 1 nitrogen and oxygen atoms in total. The number of halogens is 2. The zero-order valence-corrected chi connectivity index (χ0v) is 28.1. The third kappa shape index (κ3) is 5.56. The summed E-state index contributed by atoms with van der Waals surface area (Å²) < 4.78 is 28.3. The lowest BCUT2D eigenvalue weighted by atomic mass is 9.73. The van der Waals surface area contributed by atoms with Crippen molar-refractivity contribution in [3.8, 4) is 0 Å². The van der Waals surface area contributed by atoms with Crippen LogP contribution in [0.15, 0.2) is 175 Å². The van der Waals surface area contributed by atoms with Gasteiger partial charge in [0.15, 0.2) is 0 Å². The minimum atomic E-state index is -0.303. The second kappa shape index (κ2) is 13.0. The number of allylic oxidation sites excluding steroid dienone is 4. The van der Waals surface area contributed by atoms with Crippen molar-refractivity contribution in [3.63, 3.8) is 0 Å². The van der Waals surface area contributed by atoms with Gasteiger partial charge in [0.25, 0.3) is 0 Å². The minimum Gasteiger partial charge on any atom is -0.310 e. The van der Waals surface area contributed by atoms with E-state index in [1.54, 1.807) is 24.3 Å². The number of anilines is 3. The topological polar surface area (TPSA) is 3.24 Å². The molecule has 0 N–H and O–H groups in total. The van der Waals surface area contributed by atoms with Gasteiger partial charge in [0, 0.05) is 23.0 Å². The molecule has 0 saturated carbocycles. The summed E-state index contributed by atoms with van der Waals surface area (Å²) in [6.07, 6.45) is 9.71. The van der Waals surface area contributed by atoms with Crippen LogP contribution in [0.5, 0.6) is 0 Å². The van der Waals surface area contributed by atoms with E-state index in [0.29, 0.717) is 0 Å². The van der Waals surface area contributed by atoms with Crippen LogP contribution < -0.4 is 15.3 Å². The van der Waals surface area contributed by atoms with E-state index >= 15 is 0 Å². The molecule has 51 heavy (non-hydrogen) atoms. The molecule has 1 unspecified atom stereocenters. The molecule has 9 rings (SSSR count). The van der Waals surface area contributed by atoms with Crippen molar-refractivity contribution < 1.29 is 8.78 Å². The van der Waals surface area contributed by atoms with Crippen LogP contribution in [0.2, 0.25) is 0 Å². The maximum Gasteiger partial charge on any atom is 0.123 e. The first-order valence-electron chi connectivity index (χ1n) is 17.6. The SMILES string of the molecule is Fc1ccc(N(c2ccc(F)cc2)c2ccc3c4c(c5ccccc5c3c2)=C(c2ccccc2)CC(c2ccccc2)C=4C2=CC=CCC2)cc1. The standard InChI is InChI=1S/C48H35F2N/c49-35-20-24-37(25-21-35)51(38-26-22-36(50)23-27-38)39-28-29-42-45(30-39)40-18-10-11-19-41(40)47-44(33-14-6-2-7-15-33)31-43(32-12-4-1-5-13-32)46(48(42)47)34-16-8-3-9-17-34/h1-8,10-16,18-30,43H,9,17,31H2. The van der Waals surface area contributed by atoms with Crippen molar-refractivity contribution in [3.05, 3.63) is 209 Å². The largest absolute Gasteiger partial charge is 0.310 e. The van der Waals surface area contributed by atoms with Gasteiger partial charge in [-0.3, -0.25) is 0 Å². The molecule has 7 aromatic carbocycles. The van der Waals surface area contributed by atoms with Crippen LogP contribution in [0, 0.1) is 11.6 Å². The Hall–Kier alpha value is -6.06. The Morgan fingerprint density at radius 3 is 1.76 bits per heavy atom. The fourth-order valence-corrected chi connectivity index (χ4v) is 8.20. The third-order valence-electron chi connectivity index (χ3n) is 10.4. The second-order valence-corrected chi connectivity index (χ2v) is 13.4. The van der Waals surface area contributed by atoms with Crippen molar-refractivity contribution in [2.24, 2.45) is 0 Å². The van der Waals surface area contributed by atoms with Gasteiger partial charge in [0.05, 0.1) is 0 Å². The first kappa shape index (κ1) is 31.0. The van der Waals surface area contributed by atoms with E-state index < -0.39 is 0 Å². The number of hydrogen-bond donors (Lipinski definition) is 0. The fourth-order valence-electron chi connectivity index (χ4n) is 8.20. The van der Waals surface area contributed by atoms with E-state index in [1.807, 2.05) is 0 Å². The van der Waals surface area contributed by atoms with Crippen LogP contribution in [0.4, 0.5) is 25.8 Å². The molecular weight excluding hydrogens is 629 g/mol.